The number of benzene rings is 1. The van der Waals surface area contributed by atoms with E-state index in [1.165, 1.54) is 0 Å². The Morgan fingerprint density at radius 2 is 1.91 bits per heavy atom. The van der Waals surface area contributed by atoms with Gasteiger partial charge in [-0.3, -0.25) is 9.79 Å². The molecule has 0 aliphatic heterocycles. The predicted molar refractivity (Wildman–Crippen MR) is 102 cm³/mol. The average molecular weight is 418 g/mol. The van der Waals surface area contributed by atoms with E-state index in [2.05, 4.69) is 29.5 Å². The van der Waals surface area contributed by atoms with E-state index in [4.69, 9.17) is 5.73 Å². The minimum Gasteiger partial charge on any atom is -0.370 e. The van der Waals surface area contributed by atoms with Crippen molar-refractivity contribution in [2.75, 3.05) is 13.1 Å². The largest absolute Gasteiger partial charge is 0.370 e. The average Bonchev–Trinajstić information content (AvgIpc) is 2.46. The van der Waals surface area contributed by atoms with E-state index in [-0.39, 0.29) is 29.9 Å². The molecule has 0 aliphatic carbocycles. The quantitative estimate of drug-likeness (QED) is 0.344. The summed E-state index contributed by atoms with van der Waals surface area (Å²) in [5, 5.41) is 5.82. The molecule has 0 fully saturated rings. The third-order valence-corrected chi connectivity index (χ3v) is 2.98. The van der Waals surface area contributed by atoms with Gasteiger partial charge in [-0.2, -0.15) is 0 Å². The van der Waals surface area contributed by atoms with Gasteiger partial charge in [-0.25, -0.2) is 0 Å². The van der Waals surface area contributed by atoms with Crippen molar-refractivity contribution < 1.29 is 4.79 Å². The monoisotopic (exact) mass is 418 g/mol. The normalized spacial score (nSPS) is 11.0. The topological polar surface area (TPSA) is 79.5 Å². The Hall–Kier alpha value is -1.31. The van der Waals surface area contributed by atoms with Crippen LogP contribution in [0.5, 0.6) is 0 Å². The van der Waals surface area contributed by atoms with Gasteiger partial charge >= 0.3 is 0 Å². The van der Waals surface area contributed by atoms with Gasteiger partial charge in [0, 0.05) is 26.1 Å². The maximum atomic E-state index is 11.7. The standard InChI is InChI=1S/C16H26N4O.HI/c1-13(2)8-10-18-16(17)19-11-9-15(21)20-12-14-6-4-3-5-7-14;/h3-7,13H,8-12H2,1-2H3,(H,20,21)(H3,17,18,19);1H. The Morgan fingerprint density at radius 3 is 2.55 bits per heavy atom. The number of halogens is 1. The van der Waals surface area contributed by atoms with Crippen LogP contribution in [0.1, 0.15) is 32.3 Å². The number of hydrogen-bond donors (Lipinski definition) is 3. The highest BCUT2D eigenvalue weighted by atomic mass is 127. The van der Waals surface area contributed by atoms with Crippen LogP contribution in [-0.4, -0.2) is 25.0 Å². The summed E-state index contributed by atoms with van der Waals surface area (Å²) in [6.07, 6.45) is 1.40. The van der Waals surface area contributed by atoms with Gasteiger partial charge in [-0.15, -0.1) is 24.0 Å². The van der Waals surface area contributed by atoms with Crippen molar-refractivity contribution in [2.45, 2.75) is 33.2 Å². The van der Waals surface area contributed by atoms with E-state index < -0.39 is 0 Å². The van der Waals surface area contributed by atoms with Gasteiger partial charge in [0.25, 0.3) is 0 Å². The first-order chi connectivity index (χ1) is 10.1. The van der Waals surface area contributed by atoms with E-state index in [9.17, 15) is 4.79 Å². The van der Waals surface area contributed by atoms with Crippen LogP contribution in [0, 0.1) is 5.92 Å². The van der Waals surface area contributed by atoms with Crippen molar-refractivity contribution in [1.29, 1.82) is 0 Å². The van der Waals surface area contributed by atoms with Crippen LogP contribution >= 0.6 is 24.0 Å². The fourth-order valence-electron chi connectivity index (χ4n) is 1.69. The Labute approximate surface area is 150 Å². The SMILES string of the molecule is CC(C)CCN=C(N)NCCC(=O)NCc1ccccc1.I. The molecule has 1 aromatic carbocycles. The van der Waals surface area contributed by atoms with Crippen molar-refractivity contribution in [3.8, 4) is 0 Å². The molecule has 5 nitrogen and oxygen atoms in total. The number of nitrogens with zero attached hydrogens (tertiary/aromatic N) is 1. The Bertz CT molecular complexity index is 449. The van der Waals surface area contributed by atoms with Crippen LogP contribution in [0.15, 0.2) is 35.3 Å². The van der Waals surface area contributed by atoms with Crippen LogP contribution in [0.2, 0.25) is 0 Å². The van der Waals surface area contributed by atoms with Gasteiger partial charge < -0.3 is 16.4 Å². The van der Waals surface area contributed by atoms with Crippen LogP contribution in [0.25, 0.3) is 0 Å². The molecular formula is C16H27IN4O. The van der Waals surface area contributed by atoms with Crippen molar-refractivity contribution in [2.24, 2.45) is 16.6 Å². The van der Waals surface area contributed by atoms with Gasteiger partial charge in [0.05, 0.1) is 0 Å². The van der Waals surface area contributed by atoms with Crippen molar-refractivity contribution in [1.82, 2.24) is 10.6 Å². The third kappa shape index (κ3) is 10.4. The molecule has 4 N–H and O–H groups in total. The zero-order chi connectivity index (χ0) is 15.5. The molecule has 0 atom stereocenters. The number of amides is 1. The first-order valence-electron chi connectivity index (χ1n) is 7.42. The summed E-state index contributed by atoms with van der Waals surface area (Å²) < 4.78 is 0. The van der Waals surface area contributed by atoms with E-state index in [0.717, 1.165) is 18.5 Å². The Balaban J connectivity index is 0.00000441. The summed E-state index contributed by atoms with van der Waals surface area (Å²) in [5.41, 5.74) is 6.81. The molecular weight excluding hydrogens is 391 g/mol. The molecule has 0 saturated heterocycles. The first kappa shape index (κ1) is 20.7. The second-order valence-electron chi connectivity index (χ2n) is 5.39. The van der Waals surface area contributed by atoms with Gasteiger partial charge in [-0.1, -0.05) is 44.2 Å². The van der Waals surface area contributed by atoms with Crippen molar-refractivity contribution in [3.63, 3.8) is 0 Å². The Morgan fingerprint density at radius 1 is 1.23 bits per heavy atom. The lowest BCUT2D eigenvalue weighted by Crippen LogP contribution is -2.35. The lowest BCUT2D eigenvalue weighted by atomic mass is 10.1. The summed E-state index contributed by atoms with van der Waals surface area (Å²) >= 11 is 0. The number of rotatable bonds is 8. The predicted octanol–water partition coefficient (Wildman–Crippen LogP) is 2.26. The molecule has 22 heavy (non-hydrogen) atoms. The molecule has 0 unspecified atom stereocenters. The van der Waals surface area contributed by atoms with Gasteiger partial charge in [0.2, 0.25) is 5.91 Å². The summed E-state index contributed by atoms with van der Waals surface area (Å²) in [6, 6.07) is 9.83. The van der Waals surface area contributed by atoms with Crippen LogP contribution < -0.4 is 16.4 Å². The Kier molecular flexibility index (Phi) is 11.5. The number of nitrogens with two attached hydrogens (primary N) is 1. The first-order valence-corrected chi connectivity index (χ1v) is 7.42. The molecule has 0 bridgehead atoms. The summed E-state index contributed by atoms with van der Waals surface area (Å²) in [6.45, 7) is 6.07. The minimum atomic E-state index is 0. The van der Waals surface area contributed by atoms with Crippen molar-refractivity contribution in [3.05, 3.63) is 35.9 Å². The maximum Gasteiger partial charge on any atom is 0.222 e. The molecule has 1 amide bonds. The molecule has 124 valence electrons. The van der Waals surface area contributed by atoms with Gasteiger partial charge in [0.1, 0.15) is 0 Å². The molecule has 6 heteroatoms. The van der Waals surface area contributed by atoms with Crippen molar-refractivity contribution >= 4 is 35.8 Å². The number of guanidine groups is 1. The highest BCUT2D eigenvalue weighted by molar-refractivity contribution is 14.0. The zero-order valence-electron chi connectivity index (χ0n) is 13.3. The third-order valence-electron chi connectivity index (χ3n) is 2.98. The van der Waals surface area contributed by atoms with Gasteiger partial charge in [-0.05, 0) is 17.9 Å². The second-order valence-corrected chi connectivity index (χ2v) is 5.39. The number of carbonyl (C=O) groups excluding carboxylic acids is 1. The number of aliphatic imine (C=N–C) groups is 1. The summed E-state index contributed by atoms with van der Waals surface area (Å²) in [4.78, 5) is 15.9. The summed E-state index contributed by atoms with van der Waals surface area (Å²) in [5.74, 6) is 1.03. The van der Waals surface area contributed by atoms with E-state index >= 15 is 0 Å². The number of carbonyl (C=O) groups is 1. The zero-order valence-corrected chi connectivity index (χ0v) is 15.7. The fourth-order valence-corrected chi connectivity index (χ4v) is 1.69. The maximum absolute atomic E-state index is 11.7. The van der Waals surface area contributed by atoms with Crippen LogP contribution in [0.3, 0.4) is 0 Å². The van der Waals surface area contributed by atoms with Crippen LogP contribution in [0.4, 0.5) is 0 Å². The molecule has 0 aliphatic rings. The molecule has 0 saturated carbocycles. The molecule has 1 rings (SSSR count). The van der Waals surface area contributed by atoms with E-state index in [1.54, 1.807) is 0 Å². The molecule has 1 aromatic rings. The van der Waals surface area contributed by atoms with Crippen LogP contribution in [-0.2, 0) is 11.3 Å². The highest BCUT2D eigenvalue weighted by Crippen LogP contribution is 1.98. The number of nitrogens with one attached hydrogen (secondary N) is 2. The summed E-state index contributed by atoms with van der Waals surface area (Å²) in [7, 11) is 0. The second kappa shape index (κ2) is 12.3. The lowest BCUT2D eigenvalue weighted by molar-refractivity contribution is -0.121. The molecule has 0 heterocycles. The van der Waals surface area contributed by atoms with Gasteiger partial charge in [0.15, 0.2) is 5.96 Å². The molecule has 0 radical (unpaired) electrons. The molecule has 0 aromatic heterocycles. The van der Waals surface area contributed by atoms with E-state index in [1.807, 2.05) is 30.3 Å². The molecule has 0 spiro atoms. The van der Waals surface area contributed by atoms with E-state index in [0.29, 0.717) is 31.4 Å². The highest BCUT2D eigenvalue weighted by Gasteiger charge is 2.01. The minimum absolute atomic E-state index is 0. The lowest BCUT2D eigenvalue weighted by Gasteiger charge is -2.07. The number of hydrogen-bond acceptors (Lipinski definition) is 2. The fraction of sp³-hybridized carbons (Fsp3) is 0.500. The smallest absolute Gasteiger partial charge is 0.222 e.